The van der Waals surface area contributed by atoms with Crippen molar-refractivity contribution >= 4 is 33.2 Å². The van der Waals surface area contributed by atoms with Gasteiger partial charge in [0, 0.05) is 13.7 Å². The zero-order chi connectivity index (χ0) is 22.3. The molecule has 2 N–H and O–H groups in total. The predicted octanol–water partition coefficient (Wildman–Crippen LogP) is 2.16. The number of ether oxygens (including phenoxy) is 1. The largest absolute Gasteiger partial charge is 0.383 e. The van der Waals surface area contributed by atoms with E-state index in [0.717, 1.165) is 16.1 Å². The fourth-order valence-electron chi connectivity index (χ4n) is 2.96. The molecule has 0 saturated carbocycles. The number of anilines is 2. The monoisotopic (exact) mass is 433 g/mol. The maximum absolute atomic E-state index is 12.9. The summed E-state index contributed by atoms with van der Waals surface area (Å²) in [4.78, 5) is 25.3. The molecule has 30 heavy (non-hydrogen) atoms. The molecule has 0 radical (unpaired) electrons. The third-order valence-corrected chi connectivity index (χ3v) is 5.61. The normalized spacial score (nSPS) is 12.1. The predicted molar refractivity (Wildman–Crippen MR) is 117 cm³/mol. The summed E-state index contributed by atoms with van der Waals surface area (Å²) >= 11 is 0. The molecule has 0 aliphatic heterocycles. The standard InChI is InChI=1S/C21H27N3O5S/c1-15-8-7-9-17(14-15)24(30(4,27)28)16(2)20(25)23-19-11-6-5-10-18(19)21(26)22-12-13-29-3/h5-11,14,16H,12-13H2,1-4H3,(H,22,26)(H,23,25)/t16-/m0/s1. The molecule has 0 spiro atoms. The number of amides is 2. The summed E-state index contributed by atoms with van der Waals surface area (Å²) < 4.78 is 30.8. The Kier molecular flexibility index (Phi) is 7.96. The van der Waals surface area contributed by atoms with Crippen LogP contribution in [0.15, 0.2) is 48.5 Å². The highest BCUT2D eigenvalue weighted by Crippen LogP contribution is 2.23. The van der Waals surface area contributed by atoms with E-state index in [1.54, 1.807) is 42.5 Å². The Morgan fingerprint density at radius 1 is 1.13 bits per heavy atom. The van der Waals surface area contributed by atoms with Gasteiger partial charge in [-0.25, -0.2) is 8.42 Å². The summed E-state index contributed by atoms with van der Waals surface area (Å²) in [6, 6.07) is 12.4. The number of nitrogens with one attached hydrogen (secondary N) is 2. The van der Waals surface area contributed by atoms with Gasteiger partial charge in [-0.3, -0.25) is 13.9 Å². The lowest BCUT2D eigenvalue weighted by Gasteiger charge is -2.28. The van der Waals surface area contributed by atoms with Crippen molar-refractivity contribution in [3.8, 4) is 0 Å². The molecule has 0 heterocycles. The molecule has 8 nitrogen and oxygen atoms in total. The molecule has 2 amide bonds. The highest BCUT2D eigenvalue weighted by molar-refractivity contribution is 7.92. The number of benzene rings is 2. The smallest absolute Gasteiger partial charge is 0.253 e. The zero-order valence-electron chi connectivity index (χ0n) is 17.5. The van der Waals surface area contributed by atoms with E-state index in [1.165, 1.54) is 14.0 Å². The summed E-state index contributed by atoms with van der Waals surface area (Å²) in [6.45, 7) is 4.02. The Morgan fingerprint density at radius 2 is 1.83 bits per heavy atom. The molecule has 2 aromatic rings. The Morgan fingerprint density at radius 3 is 2.47 bits per heavy atom. The van der Waals surface area contributed by atoms with Gasteiger partial charge >= 0.3 is 0 Å². The third-order valence-electron chi connectivity index (χ3n) is 4.37. The van der Waals surface area contributed by atoms with Crippen LogP contribution in [-0.4, -0.2) is 52.8 Å². The molecule has 0 fully saturated rings. The maximum Gasteiger partial charge on any atom is 0.253 e. The average molecular weight is 434 g/mol. The molecule has 9 heteroatoms. The molecule has 0 aliphatic carbocycles. The van der Waals surface area contributed by atoms with Crippen molar-refractivity contribution in [3.05, 3.63) is 59.7 Å². The molecule has 0 aromatic heterocycles. The van der Waals surface area contributed by atoms with Crippen molar-refractivity contribution in [2.75, 3.05) is 36.1 Å². The number of hydrogen-bond donors (Lipinski definition) is 2. The van der Waals surface area contributed by atoms with Crippen LogP contribution in [0.5, 0.6) is 0 Å². The van der Waals surface area contributed by atoms with E-state index >= 15 is 0 Å². The second-order valence-electron chi connectivity index (χ2n) is 6.86. The fourth-order valence-corrected chi connectivity index (χ4v) is 4.13. The van der Waals surface area contributed by atoms with Gasteiger partial charge in [-0.2, -0.15) is 0 Å². The molecule has 2 rings (SSSR count). The van der Waals surface area contributed by atoms with E-state index in [1.807, 2.05) is 13.0 Å². The van der Waals surface area contributed by atoms with Crippen LogP contribution in [0.3, 0.4) is 0 Å². The number of methoxy groups -OCH3 is 1. The maximum atomic E-state index is 12.9. The topological polar surface area (TPSA) is 105 Å². The minimum atomic E-state index is -3.73. The van der Waals surface area contributed by atoms with Crippen LogP contribution in [0.25, 0.3) is 0 Å². The Balaban J connectivity index is 2.27. The number of rotatable bonds is 9. The van der Waals surface area contributed by atoms with Gasteiger partial charge < -0.3 is 15.4 Å². The molecular weight excluding hydrogens is 406 g/mol. The SMILES string of the molecule is COCCNC(=O)c1ccccc1NC(=O)[C@H](C)N(c1cccc(C)c1)S(C)(=O)=O. The number of nitrogens with zero attached hydrogens (tertiary/aromatic N) is 1. The van der Waals surface area contributed by atoms with Crippen molar-refractivity contribution in [3.63, 3.8) is 0 Å². The first-order valence-electron chi connectivity index (χ1n) is 9.38. The van der Waals surface area contributed by atoms with E-state index < -0.39 is 22.0 Å². The van der Waals surface area contributed by atoms with Crippen molar-refractivity contribution < 1.29 is 22.7 Å². The van der Waals surface area contributed by atoms with Crippen LogP contribution in [-0.2, 0) is 19.6 Å². The van der Waals surface area contributed by atoms with Crippen LogP contribution in [0.2, 0.25) is 0 Å². The highest BCUT2D eigenvalue weighted by atomic mass is 32.2. The highest BCUT2D eigenvalue weighted by Gasteiger charge is 2.29. The van der Waals surface area contributed by atoms with Crippen LogP contribution in [0.4, 0.5) is 11.4 Å². The third kappa shape index (κ3) is 6.04. The molecule has 0 saturated heterocycles. The Hall–Kier alpha value is -2.91. The van der Waals surface area contributed by atoms with Gasteiger partial charge in [-0.15, -0.1) is 0 Å². The second kappa shape index (κ2) is 10.2. The summed E-state index contributed by atoms with van der Waals surface area (Å²) in [6.07, 6.45) is 1.05. The molecule has 1 atom stereocenters. The molecule has 0 unspecified atom stereocenters. The van der Waals surface area contributed by atoms with Gasteiger partial charge in [0.1, 0.15) is 6.04 Å². The van der Waals surface area contributed by atoms with Crippen LogP contribution >= 0.6 is 0 Å². The summed E-state index contributed by atoms with van der Waals surface area (Å²) in [5.74, 6) is -0.923. The summed E-state index contributed by atoms with van der Waals surface area (Å²) in [5, 5.41) is 5.38. The summed E-state index contributed by atoms with van der Waals surface area (Å²) in [5.41, 5.74) is 1.83. The Labute approximate surface area is 177 Å². The molecule has 2 aromatic carbocycles. The van der Waals surface area contributed by atoms with E-state index in [0.29, 0.717) is 24.5 Å². The lowest BCUT2D eigenvalue weighted by atomic mass is 10.1. The number of sulfonamides is 1. The molecule has 162 valence electrons. The van der Waals surface area contributed by atoms with Gasteiger partial charge in [-0.1, -0.05) is 24.3 Å². The van der Waals surface area contributed by atoms with Gasteiger partial charge in [0.05, 0.1) is 29.8 Å². The van der Waals surface area contributed by atoms with Gasteiger partial charge in [0.25, 0.3) is 5.91 Å². The van der Waals surface area contributed by atoms with E-state index in [2.05, 4.69) is 10.6 Å². The second-order valence-corrected chi connectivity index (χ2v) is 8.72. The number of aryl methyl sites for hydroxylation is 1. The minimum Gasteiger partial charge on any atom is -0.383 e. The van der Waals surface area contributed by atoms with Gasteiger partial charge in [0.2, 0.25) is 15.9 Å². The van der Waals surface area contributed by atoms with Crippen molar-refractivity contribution in [1.29, 1.82) is 0 Å². The van der Waals surface area contributed by atoms with Gasteiger partial charge in [0.15, 0.2) is 0 Å². The number of hydrogen-bond acceptors (Lipinski definition) is 5. The molecule has 0 bridgehead atoms. The van der Waals surface area contributed by atoms with Crippen LogP contribution < -0.4 is 14.9 Å². The van der Waals surface area contributed by atoms with Crippen molar-refractivity contribution in [1.82, 2.24) is 5.32 Å². The Bertz CT molecular complexity index is 1010. The average Bonchev–Trinajstić information content (AvgIpc) is 2.67. The van der Waals surface area contributed by atoms with Crippen molar-refractivity contribution in [2.45, 2.75) is 19.9 Å². The van der Waals surface area contributed by atoms with E-state index in [4.69, 9.17) is 4.74 Å². The number of carbonyl (C=O) groups is 2. The van der Waals surface area contributed by atoms with Crippen LogP contribution in [0, 0.1) is 6.92 Å². The first kappa shape index (κ1) is 23.4. The molecular formula is C21H27N3O5S. The zero-order valence-corrected chi connectivity index (χ0v) is 18.3. The van der Waals surface area contributed by atoms with E-state index in [9.17, 15) is 18.0 Å². The fraction of sp³-hybridized carbons (Fsp3) is 0.333. The number of carbonyl (C=O) groups excluding carboxylic acids is 2. The van der Waals surface area contributed by atoms with Gasteiger partial charge in [-0.05, 0) is 43.7 Å². The first-order valence-corrected chi connectivity index (χ1v) is 11.2. The first-order chi connectivity index (χ1) is 14.1. The molecule has 0 aliphatic rings. The van der Waals surface area contributed by atoms with Crippen molar-refractivity contribution in [2.24, 2.45) is 0 Å². The van der Waals surface area contributed by atoms with Crippen LogP contribution in [0.1, 0.15) is 22.8 Å². The summed E-state index contributed by atoms with van der Waals surface area (Å²) in [7, 11) is -2.20. The lowest BCUT2D eigenvalue weighted by molar-refractivity contribution is -0.116. The lowest BCUT2D eigenvalue weighted by Crippen LogP contribution is -2.45. The quantitative estimate of drug-likeness (QED) is 0.590. The minimum absolute atomic E-state index is 0.274. The number of para-hydroxylation sites is 1. The van der Waals surface area contributed by atoms with E-state index in [-0.39, 0.29) is 11.5 Å².